The first-order valence-electron chi connectivity index (χ1n) is 6.34. The molecule has 1 aliphatic heterocycles. The van der Waals surface area contributed by atoms with Gasteiger partial charge in [0.2, 0.25) is 0 Å². The van der Waals surface area contributed by atoms with Gasteiger partial charge in [-0.1, -0.05) is 13.8 Å². The van der Waals surface area contributed by atoms with Crippen LogP contribution in [0.15, 0.2) is 0 Å². The molecule has 0 aromatic heterocycles. The molecule has 1 aliphatic carbocycles. The zero-order valence-corrected chi connectivity index (χ0v) is 11.3. The van der Waals surface area contributed by atoms with Gasteiger partial charge in [-0.15, -0.1) is 0 Å². The number of hydrogen-bond donors (Lipinski definition) is 2. The normalized spacial score (nSPS) is 37.5. The summed E-state index contributed by atoms with van der Waals surface area (Å²) in [5, 5.41) is 20.5. The molecule has 1 unspecified atom stereocenters. The van der Waals surface area contributed by atoms with Crippen molar-refractivity contribution in [2.75, 3.05) is 18.1 Å². The van der Waals surface area contributed by atoms with E-state index in [9.17, 15) is 10.2 Å². The third-order valence-corrected chi connectivity index (χ3v) is 6.03. The van der Waals surface area contributed by atoms with Gasteiger partial charge in [0.05, 0.1) is 12.2 Å². The van der Waals surface area contributed by atoms with E-state index in [0.717, 1.165) is 43.6 Å². The highest BCUT2D eigenvalue weighted by Crippen LogP contribution is 2.54. The molecule has 3 heteroatoms. The van der Waals surface area contributed by atoms with Gasteiger partial charge in [-0.05, 0) is 43.3 Å². The van der Waals surface area contributed by atoms with E-state index in [4.69, 9.17) is 0 Å². The summed E-state index contributed by atoms with van der Waals surface area (Å²) in [5.41, 5.74) is -0.435. The van der Waals surface area contributed by atoms with Crippen molar-refractivity contribution in [3.63, 3.8) is 0 Å². The van der Waals surface area contributed by atoms with Crippen molar-refractivity contribution in [1.29, 1.82) is 0 Å². The van der Waals surface area contributed by atoms with Gasteiger partial charge in [0.25, 0.3) is 0 Å². The summed E-state index contributed by atoms with van der Waals surface area (Å²) in [6, 6.07) is 0. The third-order valence-electron chi connectivity index (χ3n) is 4.85. The topological polar surface area (TPSA) is 40.5 Å². The molecule has 0 radical (unpaired) electrons. The van der Waals surface area contributed by atoms with E-state index in [2.05, 4.69) is 13.8 Å². The van der Waals surface area contributed by atoms with Gasteiger partial charge < -0.3 is 10.2 Å². The second-order valence-electron chi connectivity index (χ2n) is 6.44. The molecule has 94 valence electrons. The maximum absolute atomic E-state index is 10.8. The minimum absolute atomic E-state index is 0.153. The molecule has 0 amide bonds. The van der Waals surface area contributed by atoms with Crippen LogP contribution in [0.2, 0.25) is 0 Å². The zero-order valence-electron chi connectivity index (χ0n) is 10.5. The molecule has 2 fully saturated rings. The van der Waals surface area contributed by atoms with Crippen molar-refractivity contribution in [2.45, 2.75) is 51.6 Å². The summed E-state index contributed by atoms with van der Waals surface area (Å²) in [6.45, 7) is 4.74. The second-order valence-corrected chi connectivity index (χ2v) is 7.54. The fourth-order valence-corrected chi connectivity index (χ4v) is 4.56. The summed E-state index contributed by atoms with van der Waals surface area (Å²) < 4.78 is 0. The Morgan fingerprint density at radius 2 is 1.69 bits per heavy atom. The highest BCUT2D eigenvalue weighted by Gasteiger charge is 2.53. The Kier molecular flexibility index (Phi) is 3.32. The summed E-state index contributed by atoms with van der Waals surface area (Å²) >= 11 is 1.83. The van der Waals surface area contributed by atoms with Crippen LogP contribution in [0.25, 0.3) is 0 Å². The van der Waals surface area contributed by atoms with Gasteiger partial charge in [-0.25, -0.2) is 0 Å². The molecule has 1 saturated heterocycles. The minimum atomic E-state index is -0.608. The van der Waals surface area contributed by atoms with Gasteiger partial charge in [0, 0.05) is 11.2 Å². The Balaban J connectivity index is 2.15. The average molecular weight is 244 g/mol. The summed E-state index contributed by atoms with van der Waals surface area (Å²) in [5.74, 6) is 1.86. The van der Waals surface area contributed by atoms with E-state index < -0.39 is 5.60 Å². The second kappa shape index (κ2) is 4.18. The van der Waals surface area contributed by atoms with Crippen LogP contribution in [-0.2, 0) is 0 Å². The highest BCUT2D eigenvalue weighted by molar-refractivity contribution is 7.99. The van der Waals surface area contributed by atoms with Crippen molar-refractivity contribution in [3.05, 3.63) is 0 Å². The Morgan fingerprint density at radius 3 is 2.12 bits per heavy atom. The van der Waals surface area contributed by atoms with Gasteiger partial charge in [0.1, 0.15) is 0 Å². The first-order valence-corrected chi connectivity index (χ1v) is 7.50. The maximum atomic E-state index is 10.8. The molecule has 2 N–H and O–H groups in total. The zero-order chi connectivity index (χ0) is 11.9. The molecule has 0 aromatic rings. The van der Waals surface area contributed by atoms with Gasteiger partial charge in [-0.2, -0.15) is 11.8 Å². The van der Waals surface area contributed by atoms with E-state index in [1.54, 1.807) is 0 Å². The van der Waals surface area contributed by atoms with Crippen LogP contribution in [0, 0.1) is 10.8 Å². The molecule has 2 rings (SSSR count). The monoisotopic (exact) mass is 244 g/mol. The lowest BCUT2D eigenvalue weighted by molar-refractivity contribution is -0.123. The fourth-order valence-electron chi connectivity index (χ4n) is 3.15. The predicted molar refractivity (Wildman–Crippen MR) is 68.7 cm³/mol. The number of thioether (sulfide) groups is 1. The summed E-state index contributed by atoms with van der Waals surface area (Å²) in [7, 11) is 0. The Labute approximate surface area is 103 Å². The number of rotatable bonds is 2. The van der Waals surface area contributed by atoms with Crippen molar-refractivity contribution >= 4 is 11.8 Å². The molecular weight excluding hydrogens is 220 g/mol. The van der Waals surface area contributed by atoms with Crippen LogP contribution < -0.4 is 0 Å². The van der Waals surface area contributed by atoms with Crippen molar-refractivity contribution in [1.82, 2.24) is 0 Å². The molecule has 0 bridgehead atoms. The molecule has 1 atom stereocenters. The predicted octanol–water partition coefficient (Wildman–Crippen LogP) is 2.43. The van der Waals surface area contributed by atoms with Gasteiger partial charge >= 0.3 is 0 Å². The Hall–Kier alpha value is 0.270. The standard InChI is InChI=1S/C13H24O2S/c1-11(2)3-5-12(9-14,6-4-11)13(15)7-8-16-10-13/h14-15H,3-10H2,1-2H3. The fraction of sp³-hybridized carbons (Fsp3) is 1.00. The first-order chi connectivity index (χ1) is 7.43. The maximum Gasteiger partial charge on any atom is 0.0823 e. The van der Waals surface area contributed by atoms with Crippen LogP contribution in [0.3, 0.4) is 0 Å². The van der Waals surface area contributed by atoms with Crippen molar-refractivity contribution < 1.29 is 10.2 Å². The van der Waals surface area contributed by atoms with Gasteiger partial charge in [0.15, 0.2) is 0 Å². The van der Waals surface area contributed by atoms with Crippen LogP contribution in [0.1, 0.15) is 46.0 Å². The largest absolute Gasteiger partial charge is 0.396 e. The van der Waals surface area contributed by atoms with Crippen LogP contribution >= 0.6 is 11.8 Å². The summed E-state index contributed by atoms with van der Waals surface area (Å²) in [6.07, 6.45) is 5.07. The Morgan fingerprint density at radius 1 is 1.06 bits per heavy atom. The van der Waals surface area contributed by atoms with E-state index >= 15 is 0 Å². The number of aliphatic hydroxyl groups is 2. The lowest BCUT2D eigenvalue weighted by atomic mass is 9.58. The number of aliphatic hydroxyl groups excluding tert-OH is 1. The molecular formula is C13H24O2S. The van der Waals surface area contributed by atoms with Crippen LogP contribution in [-0.4, -0.2) is 33.9 Å². The van der Waals surface area contributed by atoms with E-state index in [-0.39, 0.29) is 12.0 Å². The van der Waals surface area contributed by atoms with Crippen LogP contribution in [0.5, 0.6) is 0 Å². The smallest absolute Gasteiger partial charge is 0.0823 e. The average Bonchev–Trinajstić information content (AvgIpc) is 2.67. The molecule has 2 nitrogen and oxygen atoms in total. The molecule has 0 spiro atoms. The van der Waals surface area contributed by atoms with Gasteiger partial charge in [-0.3, -0.25) is 0 Å². The third kappa shape index (κ3) is 2.02. The summed E-state index contributed by atoms with van der Waals surface area (Å²) in [4.78, 5) is 0. The van der Waals surface area contributed by atoms with Crippen molar-refractivity contribution in [3.8, 4) is 0 Å². The lowest BCUT2D eigenvalue weighted by Gasteiger charge is -2.50. The Bertz CT molecular complexity index is 247. The minimum Gasteiger partial charge on any atom is -0.396 e. The molecule has 1 heterocycles. The van der Waals surface area contributed by atoms with E-state index in [1.807, 2.05) is 11.8 Å². The highest BCUT2D eigenvalue weighted by atomic mass is 32.2. The molecule has 16 heavy (non-hydrogen) atoms. The van der Waals surface area contributed by atoms with Crippen LogP contribution in [0.4, 0.5) is 0 Å². The van der Waals surface area contributed by atoms with E-state index in [0.29, 0.717) is 5.41 Å². The van der Waals surface area contributed by atoms with Crippen molar-refractivity contribution in [2.24, 2.45) is 10.8 Å². The molecule has 2 aliphatic rings. The quantitative estimate of drug-likeness (QED) is 0.784. The number of hydrogen-bond acceptors (Lipinski definition) is 3. The molecule has 1 saturated carbocycles. The SMILES string of the molecule is CC1(C)CCC(CO)(C2(O)CCSC2)CC1. The molecule has 0 aromatic carbocycles. The van der Waals surface area contributed by atoms with E-state index in [1.165, 1.54) is 0 Å². The lowest BCUT2D eigenvalue weighted by Crippen LogP contribution is -2.53. The first kappa shape index (κ1) is 12.7.